The van der Waals surface area contributed by atoms with Crippen molar-refractivity contribution >= 4 is 11.4 Å². The molecule has 42 heavy (non-hydrogen) atoms. The van der Waals surface area contributed by atoms with Gasteiger partial charge in [-0.25, -0.2) is 0 Å². The van der Waals surface area contributed by atoms with Crippen molar-refractivity contribution in [2.45, 2.75) is 70.1 Å². The van der Waals surface area contributed by atoms with E-state index in [2.05, 4.69) is 55.5 Å². The molecule has 4 N–H and O–H groups in total. The van der Waals surface area contributed by atoms with Gasteiger partial charge in [-0.2, -0.15) is 0 Å². The number of benzene rings is 4. The molecule has 6 rings (SSSR count). The van der Waals surface area contributed by atoms with E-state index in [0.717, 1.165) is 53.6 Å². The summed E-state index contributed by atoms with van der Waals surface area (Å²) in [4.78, 5) is 0. The van der Waals surface area contributed by atoms with Crippen LogP contribution in [0.4, 0.5) is 11.4 Å². The van der Waals surface area contributed by atoms with Gasteiger partial charge < -0.3 is 20.9 Å². The fourth-order valence-electron chi connectivity index (χ4n) is 7.53. The smallest absolute Gasteiger partial charge is 0.129 e. The van der Waals surface area contributed by atoms with Crippen LogP contribution in [0.2, 0.25) is 0 Å². The van der Waals surface area contributed by atoms with E-state index in [9.17, 15) is 0 Å². The van der Waals surface area contributed by atoms with Crippen LogP contribution in [0.3, 0.4) is 0 Å². The van der Waals surface area contributed by atoms with Crippen LogP contribution in [0.1, 0.15) is 75.8 Å². The SMILES string of the molecule is CCC1CCC(C2CCC(c3ccc(Oc4cccc(N)c4)cc3)(c3ccc(Oc4cccc(N)c4)cc3)CC2)CC1. The van der Waals surface area contributed by atoms with Crippen molar-refractivity contribution in [3.8, 4) is 23.0 Å². The first kappa shape index (κ1) is 28.2. The predicted octanol–water partition coefficient (Wildman–Crippen LogP) is 10.1. The minimum absolute atomic E-state index is 0.0253. The fourth-order valence-corrected chi connectivity index (χ4v) is 7.53. The van der Waals surface area contributed by atoms with Crippen LogP contribution in [0, 0.1) is 17.8 Å². The Kier molecular flexibility index (Phi) is 8.41. The molecule has 0 radical (unpaired) electrons. The molecule has 0 saturated heterocycles. The molecule has 2 saturated carbocycles. The van der Waals surface area contributed by atoms with Gasteiger partial charge in [0, 0.05) is 28.9 Å². The van der Waals surface area contributed by atoms with Crippen molar-refractivity contribution in [3.63, 3.8) is 0 Å². The van der Waals surface area contributed by atoms with Gasteiger partial charge in [0.1, 0.15) is 23.0 Å². The Bertz CT molecular complexity index is 1350. The first-order chi connectivity index (χ1) is 20.5. The average molecular weight is 561 g/mol. The number of hydrogen-bond acceptors (Lipinski definition) is 4. The van der Waals surface area contributed by atoms with E-state index in [1.807, 2.05) is 48.5 Å². The summed E-state index contributed by atoms with van der Waals surface area (Å²) in [6, 6.07) is 32.7. The maximum atomic E-state index is 6.13. The normalized spacial score (nSPS) is 20.6. The Morgan fingerprint density at radius 1 is 0.571 bits per heavy atom. The van der Waals surface area contributed by atoms with E-state index in [0.29, 0.717) is 11.4 Å². The number of anilines is 2. The summed E-state index contributed by atoms with van der Waals surface area (Å²) < 4.78 is 12.3. The van der Waals surface area contributed by atoms with Crippen LogP contribution in [-0.4, -0.2) is 0 Å². The van der Waals surface area contributed by atoms with Gasteiger partial charge in [-0.1, -0.05) is 62.6 Å². The van der Waals surface area contributed by atoms with Crippen LogP contribution in [-0.2, 0) is 5.41 Å². The van der Waals surface area contributed by atoms with Crippen molar-refractivity contribution in [2.75, 3.05) is 11.5 Å². The van der Waals surface area contributed by atoms with E-state index in [1.165, 1.54) is 56.1 Å². The second-order valence-corrected chi connectivity index (χ2v) is 12.5. The van der Waals surface area contributed by atoms with Gasteiger partial charge in [0.25, 0.3) is 0 Å². The van der Waals surface area contributed by atoms with E-state index >= 15 is 0 Å². The summed E-state index contributed by atoms with van der Waals surface area (Å²) >= 11 is 0. The largest absolute Gasteiger partial charge is 0.457 e. The van der Waals surface area contributed by atoms with Crippen LogP contribution in [0.5, 0.6) is 23.0 Å². The zero-order valence-corrected chi connectivity index (χ0v) is 24.8. The Balaban J connectivity index is 1.24. The number of nitrogen functional groups attached to an aromatic ring is 2. The van der Waals surface area contributed by atoms with E-state index in [-0.39, 0.29) is 5.41 Å². The molecule has 0 aromatic heterocycles. The number of nitrogens with two attached hydrogens (primary N) is 2. The van der Waals surface area contributed by atoms with Crippen LogP contribution in [0.15, 0.2) is 97.1 Å². The highest BCUT2D eigenvalue weighted by atomic mass is 16.5. The second kappa shape index (κ2) is 12.5. The molecule has 0 spiro atoms. The van der Waals surface area contributed by atoms with Gasteiger partial charge >= 0.3 is 0 Å². The molecule has 0 atom stereocenters. The topological polar surface area (TPSA) is 70.5 Å². The highest BCUT2D eigenvalue weighted by Crippen LogP contribution is 2.51. The maximum Gasteiger partial charge on any atom is 0.129 e. The van der Waals surface area contributed by atoms with Crippen molar-refractivity contribution in [2.24, 2.45) is 17.8 Å². The Labute approximate surface area is 251 Å². The molecule has 4 aromatic carbocycles. The molecule has 0 heterocycles. The number of rotatable bonds is 8. The van der Waals surface area contributed by atoms with Gasteiger partial charge in [0.15, 0.2) is 0 Å². The summed E-state index contributed by atoms with van der Waals surface area (Å²) in [6.45, 7) is 2.36. The third-order valence-electron chi connectivity index (χ3n) is 10.0. The highest BCUT2D eigenvalue weighted by molar-refractivity contribution is 5.48. The third-order valence-corrected chi connectivity index (χ3v) is 10.0. The van der Waals surface area contributed by atoms with Crippen LogP contribution < -0.4 is 20.9 Å². The molecule has 2 fully saturated rings. The van der Waals surface area contributed by atoms with Crippen molar-refractivity contribution in [1.29, 1.82) is 0 Å². The maximum absolute atomic E-state index is 6.13. The lowest BCUT2D eigenvalue weighted by atomic mass is 9.60. The molecular formula is C38H44N2O2. The van der Waals surface area contributed by atoms with Crippen molar-refractivity contribution < 1.29 is 9.47 Å². The Hall–Kier alpha value is -3.92. The molecule has 0 amide bonds. The van der Waals surface area contributed by atoms with Gasteiger partial charge in [0.2, 0.25) is 0 Å². The number of ether oxygens (including phenoxy) is 2. The molecule has 0 unspecified atom stereocenters. The number of hydrogen-bond donors (Lipinski definition) is 2. The summed E-state index contributed by atoms with van der Waals surface area (Å²) in [6.07, 6.45) is 11.9. The summed E-state index contributed by atoms with van der Waals surface area (Å²) in [5.41, 5.74) is 16.0. The molecule has 0 aliphatic heterocycles. The minimum atomic E-state index is -0.0253. The lowest BCUT2D eigenvalue weighted by Gasteiger charge is -2.44. The summed E-state index contributed by atoms with van der Waals surface area (Å²) in [7, 11) is 0. The van der Waals surface area contributed by atoms with Crippen LogP contribution in [0.25, 0.3) is 0 Å². The molecular weight excluding hydrogens is 516 g/mol. The quantitative estimate of drug-likeness (QED) is 0.210. The van der Waals surface area contributed by atoms with Crippen molar-refractivity contribution in [1.82, 2.24) is 0 Å². The molecule has 4 aromatic rings. The van der Waals surface area contributed by atoms with Gasteiger partial charge in [-0.05, 0) is 116 Å². The lowest BCUT2D eigenvalue weighted by Crippen LogP contribution is -2.35. The lowest BCUT2D eigenvalue weighted by molar-refractivity contribution is 0.142. The van der Waals surface area contributed by atoms with Crippen molar-refractivity contribution in [3.05, 3.63) is 108 Å². The monoisotopic (exact) mass is 560 g/mol. The molecule has 2 aliphatic rings. The summed E-state index contributed by atoms with van der Waals surface area (Å²) in [5, 5.41) is 0. The average Bonchev–Trinajstić information content (AvgIpc) is 3.02. The molecule has 218 valence electrons. The molecule has 4 heteroatoms. The predicted molar refractivity (Wildman–Crippen MR) is 173 cm³/mol. The van der Waals surface area contributed by atoms with Gasteiger partial charge in [-0.15, -0.1) is 0 Å². The van der Waals surface area contributed by atoms with E-state index < -0.39 is 0 Å². The first-order valence-electron chi connectivity index (χ1n) is 15.8. The Morgan fingerprint density at radius 2 is 1.02 bits per heavy atom. The summed E-state index contributed by atoms with van der Waals surface area (Å²) in [5.74, 6) is 5.85. The zero-order valence-electron chi connectivity index (χ0n) is 24.8. The third kappa shape index (κ3) is 6.28. The zero-order chi connectivity index (χ0) is 28.9. The van der Waals surface area contributed by atoms with Gasteiger partial charge in [0.05, 0.1) is 0 Å². The van der Waals surface area contributed by atoms with Crippen LogP contribution >= 0.6 is 0 Å². The van der Waals surface area contributed by atoms with E-state index in [4.69, 9.17) is 20.9 Å². The fraction of sp³-hybridized carbons (Fsp3) is 0.368. The van der Waals surface area contributed by atoms with Gasteiger partial charge in [-0.3, -0.25) is 0 Å². The standard InChI is InChI=1S/C38H44N2O2/c1-2-27-9-11-28(12-10-27)29-21-23-38(24-22-29,30-13-17-34(18-14-30)41-36-7-3-5-32(39)25-36)31-15-19-35(20-16-31)42-37-8-4-6-33(40)26-37/h3-8,13-20,25-29H,2,9-12,21-24,39-40H2,1H3. The Morgan fingerprint density at radius 3 is 1.45 bits per heavy atom. The second-order valence-electron chi connectivity index (χ2n) is 12.5. The highest BCUT2D eigenvalue weighted by Gasteiger charge is 2.40. The first-order valence-corrected chi connectivity index (χ1v) is 15.8. The minimum Gasteiger partial charge on any atom is -0.457 e. The molecule has 2 aliphatic carbocycles. The molecule has 4 nitrogen and oxygen atoms in total. The molecule has 0 bridgehead atoms. The van der Waals surface area contributed by atoms with E-state index in [1.54, 1.807) is 0 Å².